The lowest BCUT2D eigenvalue weighted by molar-refractivity contribution is -0.120. The molecule has 30 heavy (non-hydrogen) atoms. The van der Waals surface area contributed by atoms with Crippen molar-refractivity contribution in [2.24, 2.45) is 0 Å². The predicted molar refractivity (Wildman–Crippen MR) is 110 cm³/mol. The minimum atomic E-state index is -0.425. The van der Waals surface area contributed by atoms with E-state index in [0.717, 1.165) is 45.4 Å². The summed E-state index contributed by atoms with van der Waals surface area (Å²) >= 11 is 0. The van der Waals surface area contributed by atoms with Gasteiger partial charge in [0.25, 0.3) is 12.0 Å². The van der Waals surface area contributed by atoms with Gasteiger partial charge in [-0.05, 0) is 41.8 Å². The van der Waals surface area contributed by atoms with Gasteiger partial charge in [0.2, 0.25) is 0 Å². The van der Waals surface area contributed by atoms with Crippen molar-refractivity contribution in [3.8, 4) is 17.1 Å². The first kappa shape index (κ1) is 18.6. The van der Waals surface area contributed by atoms with Gasteiger partial charge in [-0.2, -0.15) is 0 Å². The molecule has 152 valence electrons. The quantitative estimate of drug-likeness (QED) is 0.526. The van der Waals surface area contributed by atoms with E-state index < -0.39 is 5.92 Å². The Labute approximate surface area is 172 Å². The average molecular weight is 404 g/mol. The van der Waals surface area contributed by atoms with Crippen LogP contribution >= 0.6 is 0 Å². The van der Waals surface area contributed by atoms with Gasteiger partial charge in [-0.3, -0.25) is 9.59 Å². The third-order valence-electron chi connectivity index (χ3n) is 6.06. The van der Waals surface area contributed by atoms with Gasteiger partial charge >= 0.3 is 0 Å². The van der Waals surface area contributed by atoms with Crippen LogP contribution in [0.1, 0.15) is 35.1 Å². The molecule has 1 aromatic carbocycles. The topological polar surface area (TPSA) is 90.7 Å². The van der Waals surface area contributed by atoms with Crippen LogP contribution in [0.25, 0.3) is 22.3 Å². The van der Waals surface area contributed by atoms with Gasteiger partial charge in [0.1, 0.15) is 12.4 Å². The van der Waals surface area contributed by atoms with Crippen molar-refractivity contribution in [2.45, 2.75) is 32.4 Å². The van der Waals surface area contributed by atoms with Crippen LogP contribution in [0.2, 0.25) is 0 Å². The van der Waals surface area contributed by atoms with Crippen LogP contribution in [0.4, 0.5) is 0 Å². The van der Waals surface area contributed by atoms with Gasteiger partial charge in [0.05, 0.1) is 47.3 Å². The number of carbonyl (C=O) groups is 1. The fourth-order valence-electron chi connectivity index (χ4n) is 4.58. The molecule has 2 aliphatic heterocycles. The number of rotatable bonds is 4. The lowest BCUT2D eigenvalue weighted by Crippen LogP contribution is -2.30. The summed E-state index contributed by atoms with van der Waals surface area (Å²) in [5, 5.41) is 10.7. The summed E-state index contributed by atoms with van der Waals surface area (Å²) in [5.41, 5.74) is 5.55. The normalized spacial score (nSPS) is 16.6. The highest BCUT2D eigenvalue weighted by molar-refractivity contribution is 5.89. The summed E-state index contributed by atoms with van der Waals surface area (Å²) in [6, 6.07) is 7.28. The van der Waals surface area contributed by atoms with E-state index in [4.69, 9.17) is 14.5 Å². The van der Waals surface area contributed by atoms with Gasteiger partial charge in [0, 0.05) is 10.9 Å². The lowest BCUT2D eigenvalue weighted by atomic mass is 9.91. The number of fused-ring (bicyclic) bond motifs is 5. The monoisotopic (exact) mass is 404 g/mol. The summed E-state index contributed by atoms with van der Waals surface area (Å²) in [6.45, 7) is 6.74. The highest BCUT2D eigenvalue weighted by atomic mass is 16.5. The molecular formula is C23H20N2O5. The largest absolute Gasteiger partial charge is 0.493 e. The zero-order chi connectivity index (χ0) is 21.0. The molecule has 0 bridgehead atoms. The van der Waals surface area contributed by atoms with Crippen molar-refractivity contribution >= 4 is 17.4 Å². The Kier molecular flexibility index (Phi) is 4.22. The van der Waals surface area contributed by atoms with Gasteiger partial charge in [-0.25, -0.2) is 4.98 Å². The zero-order valence-corrected chi connectivity index (χ0v) is 16.5. The Hall–Kier alpha value is -3.45. The number of nitrogens with zero attached hydrogens (tertiary/aromatic N) is 2. The maximum atomic E-state index is 13.3. The van der Waals surface area contributed by atoms with Crippen molar-refractivity contribution < 1.29 is 19.4 Å². The summed E-state index contributed by atoms with van der Waals surface area (Å²) < 4.78 is 12.3. The number of carbonyl (C=O) groups excluding carboxylic acids is 1. The van der Waals surface area contributed by atoms with Crippen LogP contribution in [0.5, 0.6) is 5.75 Å². The van der Waals surface area contributed by atoms with E-state index in [-0.39, 0.29) is 18.8 Å². The smallest absolute Gasteiger partial charge is 0.298 e. The van der Waals surface area contributed by atoms with E-state index in [9.17, 15) is 14.7 Å². The molecule has 5 rings (SSSR count). The molecular weight excluding hydrogens is 384 g/mol. The van der Waals surface area contributed by atoms with Crippen molar-refractivity contribution in [3.05, 3.63) is 69.2 Å². The van der Waals surface area contributed by atoms with Gasteiger partial charge in [-0.15, -0.1) is 0 Å². The van der Waals surface area contributed by atoms with Crippen LogP contribution in [0, 0.1) is 0 Å². The molecule has 7 nitrogen and oxygen atoms in total. The number of aliphatic hydroxyl groups is 1. The van der Waals surface area contributed by atoms with E-state index in [0.29, 0.717) is 30.1 Å². The molecule has 1 unspecified atom stereocenters. The number of aryl methyl sites for hydroxylation is 1. The molecule has 0 radical (unpaired) electrons. The second-order valence-electron chi connectivity index (χ2n) is 7.51. The highest BCUT2D eigenvalue weighted by Crippen LogP contribution is 2.40. The van der Waals surface area contributed by atoms with Crippen molar-refractivity contribution in [2.75, 3.05) is 6.61 Å². The molecule has 0 saturated carbocycles. The van der Waals surface area contributed by atoms with E-state index in [2.05, 4.69) is 13.5 Å². The summed E-state index contributed by atoms with van der Waals surface area (Å²) in [4.78, 5) is 28.8. The molecule has 0 amide bonds. The predicted octanol–water partition coefficient (Wildman–Crippen LogP) is 2.64. The van der Waals surface area contributed by atoms with Crippen LogP contribution in [0.15, 0.2) is 41.4 Å². The molecule has 2 aliphatic rings. The second kappa shape index (κ2) is 6.81. The minimum Gasteiger partial charge on any atom is -0.493 e. The third-order valence-corrected chi connectivity index (χ3v) is 6.06. The van der Waals surface area contributed by atoms with E-state index in [1.54, 1.807) is 10.6 Å². The van der Waals surface area contributed by atoms with Crippen molar-refractivity contribution in [1.82, 2.24) is 9.55 Å². The molecule has 0 aliphatic carbocycles. The summed E-state index contributed by atoms with van der Waals surface area (Å²) in [6.07, 6.45) is 0.744. The Morgan fingerprint density at radius 3 is 2.93 bits per heavy atom. The van der Waals surface area contributed by atoms with E-state index in [1.807, 2.05) is 18.2 Å². The first-order valence-electron chi connectivity index (χ1n) is 9.82. The molecule has 2 aromatic heterocycles. The first-order chi connectivity index (χ1) is 14.6. The second-order valence-corrected chi connectivity index (χ2v) is 7.51. The summed E-state index contributed by atoms with van der Waals surface area (Å²) in [7, 11) is 0. The number of benzene rings is 1. The molecule has 1 atom stereocenters. The van der Waals surface area contributed by atoms with Crippen LogP contribution < -0.4 is 10.3 Å². The van der Waals surface area contributed by atoms with Gasteiger partial charge in [0.15, 0.2) is 0 Å². The van der Waals surface area contributed by atoms with E-state index in [1.165, 1.54) is 0 Å². The summed E-state index contributed by atoms with van der Waals surface area (Å²) in [5.74, 6) is 0.500. The standard InChI is InChI=1S/C23H20N2O5/c1-3-14-16-6-13(30-11-27)4-5-20(16)24-22-17(14)8-25-21(22)7-15-18(9-26)12(2)29-10-19(15)23(25)28/h4-7,11,18,26H,2-3,8-10H2,1H3. The highest BCUT2D eigenvalue weighted by Gasteiger charge is 2.32. The molecule has 7 heteroatoms. The maximum Gasteiger partial charge on any atom is 0.298 e. The van der Waals surface area contributed by atoms with Crippen molar-refractivity contribution in [3.63, 3.8) is 0 Å². The number of hydrogen-bond donors (Lipinski definition) is 1. The third kappa shape index (κ3) is 2.52. The number of pyridine rings is 2. The Balaban J connectivity index is 1.77. The molecule has 0 spiro atoms. The number of hydrogen-bond acceptors (Lipinski definition) is 6. The fourth-order valence-corrected chi connectivity index (χ4v) is 4.58. The number of aliphatic hydroxyl groups excluding tert-OH is 1. The average Bonchev–Trinajstić information content (AvgIpc) is 3.11. The number of aromatic nitrogens is 2. The molecule has 0 saturated heterocycles. The minimum absolute atomic E-state index is 0.123. The van der Waals surface area contributed by atoms with Crippen LogP contribution in [-0.2, 0) is 29.1 Å². The van der Waals surface area contributed by atoms with Crippen molar-refractivity contribution in [1.29, 1.82) is 0 Å². The van der Waals surface area contributed by atoms with Crippen LogP contribution in [0.3, 0.4) is 0 Å². The Bertz CT molecular complexity index is 1290. The molecule has 1 N–H and O–H groups in total. The van der Waals surface area contributed by atoms with Gasteiger partial charge < -0.3 is 19.1 Å². The van der Waals surface area contributed by atoms with Crippen LogP contribution in [-0.4, -0.2) is 27.7 Å². The molecule has 0 fully saturated rings. The Morgan fingerprint density at radius 2 is 2.20 bits per heavy atom. The first-order valence-corrected chi connectivity index (χ1v) is 9.82. The van der Waals surface area contributed by atoms with Gasteiger partial charge in [-0.1, -0.05) is 13.5 Å². The number of ether oxygens (including phenoxy) is 2. The zero-order valence-electron chi connectivity index (χ0n) is 16.5. The molecule has 4 heterocycles. The maximum absolute atomic E-state index is 13.3. The fraction of sp³-hybridized carbons (Fsp3) is 0.261. The lowest BCUT2D eigenvalue weighted by Gasteiger charge is -2.27. The van der Waals surface area contributed by atoms with E-state index >= 15 is 0 Å². The Morgan fingerprint density at radius 1 is 1.37 bits per heavy atom. The SMILES string of the molecule is C=C1OCc2c(cc3n(c2=O)Cc2c-3nc3ccc(OC=O)cc3c2CC)C1CO. The molecule has 3 aromatic rings.